The molecule has 3 aromatic rings. The van der Waals surface area contributed by atoms with Crippen molar-refractivity contribution in [1.82, 2.24) is 14.8 Å². The van der Waals surface area contributed by atoms with Gasteiger partial charge in [-0.2, -0.15) is 0 Å². The van der Waals surface area contributed by atoms with E-state index in [0.29, 0.717) is 15.6 Å². The molecule has 2 saturated heterocycles. The Labute approximate surface area is 213 Å². The maximum atomic E-state index is 10.4. The van der Waals surface area contributed by atoms with Gasteiger partial charge in [-0.1, -0.05) is 41.8 Å². The third-order valence-electron chi connectivity index (χ3n) is 6.43. The number of halogens is 2. The summed E-state index contributed by atoms with van der Waals surface area (Å²) in [6.07, 6.45) is 9.71. The lowest BCUT2D eigenvalue weighted by Crippen LogP contribution is -2.45. The first-order valence-electron chi connectivity index (χ1n) is 12.1. The summed E-state index contributed by atoms with van der Waals surface area (Å²) >= 11 is 11.3. The van der Waals surface area contributed by atoms with Crippen LogP contribution < -0.4 is 0 Å². The molecule has 0 spiro atoms. The molecule has 2 fully saturated rings. The van der Waals surface area contributed by atoms with Crippen LogP contribution in [-0.4, -0.2) is 60.3 Å². The van der Waals surface area contributed by atoms with E-state index in [0.717, 1.165) is 28.8 Å². The number of hydrogen-bond acceptors (Lipinski definition) is 4. The van der Waals surface area contributed by atoms with E-state index in [1.54, 1.807) is 18.3 Å². The van der Waals surface area contributed by atoms with Crippen LogP contribution in [-0.2, 0) is 0 Å². The molecular weight excluding hydrogens is 465 g/mol. The molecule has 5 rings (SSSR count). The van der Waals surface area contributed by atoms with Crippen LogP contribution >= 0.6 is 23.2 Å². The molecule has 1 aromatic heterocycles. The molecule has 2 aliphatic heterocycles. The Morgan fingerprint density at radius 3 is 2.29 bits per heavy atom. The van der Waals surface area contributed by atoms with Crippen LogP contribution in [0.1, 0.15) is 48.0 Å². The summed E-state index contributed by atoms with van der Waals surface area (Å²) in [4.78, 5) is 19.8. The number of hydrogen-bond donors (Lipinski definition) is 0. The first kappa shape index (κ1) is 26.6. The van der Waals surface area contributed by atoms with Crippen LogP contribution in [0.25, 0.3) is 10.9 Å². The smallest absolute Gasteiger partial charge is 0.150 e. The number of aldehydes is 1. The third-order valence-corrected chi connectivity index (χ3v) is 7.17. The Morgan fingerprint density at radius 1 is 0.912 bits per heavy atom. The van der Waals surface area contributed by atoms with E-state index < -0.39 is 0 Å². The molecule has 0 atom stereocenters. The summed E-state index contributed by atoms with van der Waals surface area (Å²) in [5.74, 6) is 0. The number of likely N-dealkylation sites (tertiary alicyclic amines) is 2. The Morgan fingerprint density at radius 2 is 1.65 bits per heavy atom. The number of benzene rings is 2. The highest BCUT2D eigenvalue weighted by Crippen LogP contribution is 2.22. The van der Waals surface area contributed by atoms with Crippen LogP contribution in [0.15, 0.2) is 54.7 Å². The van der Waals surface area contributed by atoms with Gasteiger partial charge < -0.3 is 9.80 Å². The van der Waals surface area contributed by atoms with E-state index in [1.165, 1.54) is 58.3 Å². The second kappa shape index (κ2) is 13.8. The minimum atomic E-state index is 0.613. The summed E-state index contributed by atoms with van der Waals surface area (Å²) < 4.78 is 0. The van der Waals surface area contributed by atoms with Crippen molar-refractivity contribution in [3.63, 3.8) is 0 Å². The highest BCUT2D eigenvalue weighted by atomic mass is 35.5. The zero-order valence-corrected chi connectivity index (χ0v) is 21.7. The van der Waals surface area contributed by atoms with Crippen molar-refractivity contribution in [2.75, 3.05) is 33.2 Å². The average molecular weight is 501 g/mol. The van der Waals surface area contributed by atoms with Gasteiger partial charge >= 0.3 is 0 Å². The first-order chi connectivity index (χ1) is 16.5. The van der Waals surface area contributed by atoms with Crippen LogP contribution in [0.5, 0.6) is 0 Å². The van der Waals surface area contributed by atoms with E-state index in [1.807, 2.05) is 43.3 Å². The van der Waals surface area contributed by atoms with Gasteiger partial charge in [0.1, 0.15) is 6.29 Å². The normalized spacial score (nSPS) is 17.3. The standard InChI is InChI=1S/C11H22N2.C10H7NO.C7H6Cl2/c1-12-9-5-11(6-10-12)13-7-3-2-4-8-13;12-7-8-3-4-10-9(6-8)2-1-5-11-10;1-5-2-3-6(8)7(9)4-5/h11H,2-10H2,1H3;1-7H;2-4H,1H3. The van der Waals surface area contributed by atoms with Crippen LogP contribution in [0.2, 0.25) is 10.0 Å². The van der Waals surface area contributed by atoms with Gasteiger partial charge in [0.25, 0.3) is 0 Å². The second-order valence-electron chi connectivity index (χ2n) is 9.12. The maximum Gasteiger partial charge on any atom is 0.150 e. The molecule has 34 heavy (non-hydrogen) atoms. The number of piperidine rings is 2. The Kier molecular flexibility index (Phi) is 10.8. The molecule has 182 valence electrons. The number of pyridine rings is 1. The van der Waals surface area contributed by atoms with E-state index in [2.05, 4.69) is 21.8 Å². The molecule has 2 aromatic carbocycles. The zero-order valence-electron chi connectivity index (χ0n) is 20.2. The molecule has 3 heterocycles. The van der Waals surface area contributed by atoms with Crippen molar-refractivity contribution in [3.05, 3.63) is 75.9 Å². The topological polar surface area (TPSA) is 36.4 Å². The molecule has 0 amide bonds. The van der Waals surface area contributed by atoms with Gasteiger partial charge in [0, 0.05) is 23.2 Å². The van der Waals surface area contributed by atoms with Crippen LogP contribution in [0, 0.1) is 6.92 Å². The van der Waals surface area contributed by atoms with Crippen LogP contribution in [0.4, 0.5) is 0 Å². The molecule has 4 nitrogen and oxygen atoms in total. The van der Waals surface area contributed by atoms with Crippen molar-refractivity contribution in [2.24, 2.45) is 0 Å². The quantitative estimate of drug-likeness (QED) is 0.358. The highest BCUT2D eigenvalue weighted by Gasteiger charge is 2.23. The fraction of sp³-hybridized carbons (Fsp3) is 0.429. The molecule has 0 unspecified atom stereocenters. The lowest BCUT2D eigenvalue weighted by molar-refractivity contribution is 0.103. The van der Waals surface area contributed by atoms with E-state index >= 15 is 0 Å². The van der Waals surface area contributed by atoms with E-state index in [9.17, 15) is 4.79 Å². The lowest BCUT2D eigenvalue weighted by Gasteiger charge is -2.39. The van der Waals surface area contributed by atoms with Crippen LogP contribution in [0.3, 0.4) is 0 Å². The summed E-state index contributed by atoms with van der Waals surface area (Å²) in [5, 5.41) is 2.24. The molecular formula is C28H35Cl2N3O. The summed E-state index contributed by atoms with van der Waals surface area (Å²) in [6, 6.07) is 15.7. The van der Waals surface area contributed by atoms with Gasteiger partial charge in [-0.15, -0.1) is 0 Å². The van der Waals surface area contributed by atoms with Gasteiger partial charge in [0.05, 0.1) is 15.6 Å². The predicted molar refractivity (Wildman–Crippen MR) is 144 cm³/mol. The monoisotopic (exact) mass is 499 g/mol. The number of aromatic nitrogens is 1. The predicted octanol–water partition coefficient (Wildman–Crippen LogP) is 6.92. The summed E-state index contributed by atoms with van der Waals surface area (Å²) in [6.45, 7) is 7.33. The van der Waals surface area contributed by atoms with Gasteiger partial charge in [-0.3, -0.25) is 9.78 Å². The fourth-order valence-corrected chi connectivity index (χ4v) is 4.76. The first-order valence-corrected chi connectivity index (χ1v) is 12.9. The minimum absolute atomic E-state index is 0.613. The minimum Gasteiger partial charge on any atom is -0.306 e. The van der Waals surface area contributed by atoms with Crippen molar-refractivity contribution < 1.29 is 4.79 Å². The molecule has 2 aliphatic rings. The fourth-order valence-electron chi connectivity index (χ4n) is 4.41. The Bertz CT molecular complexity index is 1040. The molecule has 0 saturated carbocycles. The zero-order chi connectivity index (χ0) is 24.3. The van der Waals surface area contributed by atoms with Crippen molar-refractivity contribution in [2.45, 2.75) is 45.1 Å². The van der Waals surface area contributed by atoms with Gasteiger partial charge in [-0.05, 0) is 108 Å². The number of nitrogens with zero attached hydrogens (tertiary/aromatic N) is 3. The van der Waals surface area contributed by atoms with E-state index in [-0.39, 0.29) is 0 Å². The highest BCUT2D eigenvalue weighted by molar-refractivity contribution is 6.42. The van der Waals surface area contributed by atoms with E-state index in [4.69, 9.17) is 23.2 Å². The SMILES string of the molecule is CN1CCC(N2CCCCC2)CC1.Cc1ccc(Cl)c(Cl)c1.O=Cc1ccc2ncccc2c1. The maximum absolute atomic E-state index is 10.4. The Hall–Kier alpha value is -1.98. The van der Waals surface area contributed by atoms with Crippen molar-refractivity contribution >= 4 is 40.4 Å². The number of fused-ring (bicyclic) bond motifs is 1. The number of aryl methyl sites for hydroxylation is 1. The largest absolute Gasteiger partial charge is 0.306 e. The van der Waals surface area contributed by atoms with Crippen molar-refractivity contribution in [3.8, 4) is 0 Å². The number of rotatable bonds is 2. The van der Waals surface area contributed by atoms with Gasteiger partial charge in [-0.25, -0.2) is 0 Å². The summed E-state index contributed by atoms with van der Waals surface area (Å²) in [5.41, 5.74) is 2.74. The lowest BCUT2D eigenvalue weighted by atomic mass is 10.0. The average Bonchev–Trinajstić information content (AvgIpc) is 2.88. The van der Waals surface area contributed by atoms with Gasteiger partial charge in [0.15, 0.2) is 0 Å². The number of carbonyl (C=O) groups is 1. The molecule has 0 aliphatic carbocycles. The third kappa shape index (κ3) is 8.35. The molecule has 0 radical (unpaired) electrons. The Balaban J connectivity index is 0.000000146. The molecule has 0 N–H and O–H groups in total. The second-order valence-corrected chi connectivity index (χ2v) is 9.94. The molecule has 0 bridgehead atoms. The summed E-state index contributed by atoms with van der Waals surface area (Å²) in [7, 11) is 2.24. The number of carbonyl (C=O) groups excluding carboxylic acids is 1. The molecule has 6 heteroatoms. The van der Waals surface area contributed by atoms with Gasteiger partial charge in [0.2, 0.25) is 0 Å². The van der Waals surface area contributed by atoms with Crippen molar-refractivity contribution in [1.29, 1.82) is 0 Å².